The molecule has 1 saturated heterocycles. The van der Waals surface area contributed by atoms with E-state index in [-0.39, 0.29) is 49.6 Å². The third-order valence-electron chi connectivity index (χ3n) is 5.52. The summed E-state index contributed by atoms with van der Waals surface area (Å²) in [6, 6.07) is 4.98. The molecule has 3 amide bonds. The molecule has 10 heteroatoms. The van der Waals surface area contributed by atoms with Gasteiger partial charge in [0.2, 0.25) is 0 Å². The number of benzene rings is 1. The monoisotopic (exact) mass is 471 g/mol. The number of amides is 3. The number of aromatic nitrogens is 2. The molecule has 1 aliphatic heterocycles. The van der Waals surface area contributed by atoms with Crippen LogP contribution in [-0.2, 0) is 11.2 Å². The zero-order valence-electron chi connectivity index (χ0n) is 19.9. The normalized spacial score (nSPS) is 15.7. The van der Waals surface area contributed by atoms with Crippen LogP contribution < -0.4 is 5.32 Å². The highest BCUT2D eigenvalue weighted by Crippen LogP contribution is 2.20. The van der Waals surface area contributed by atoms with Crippen LogP contribution in [0.3, 0.4) is 0 Å². The van der Waals surface area contributed by atoms with E-state index >= 15 is 0 Å². The summed E-state index contributed by atoms with van der Waals surface area (Å²) < 4.78 is 18.6. The van der Waals surface area contributed by atoms with Gasteiger partial charge in [-0.3, -0.25) is 4.79 Å². The van der Waals surface area contributed by atoms with E-state index < -0.39 is 17.7 Å². The number of carbonyl (C=O) groups is 3. The summed E-state index contributed by atoms with van der Waals surface area (Å²) in [6.07, 6.45) is 1.26. The topological polar surface area (TPSA) is 105 Å². The molecule has 1 unspecified atom stereocenters. The quantitative estimate of drug-likeness (QED) is 0.648. The van der Waals surface area contributed by atoms with E-state index in [1.165, 1.54) is 18.2 Å². The number of halogens is 1. The van der Waals surface area contributed by atoms with Crippen LogP contribution in [0.4, 0.5) is 14.9 Å². The highest BCUT2D eigenvalue weighted by molar-refractivity contribution is 6.04. The fourth-order valence-corrected chi connectivity index (χ4v) is 3.98. The molecule has 34 heavy (non-hydrogen) atoms. The van der Waals surface area contributed by atoms with Gasteiger partial charge < -0.3 is 19.9 Å². The number of nitrogens with one attached hydrogen (secondary N) is 1. The number of ether oxygens (including phenoxy) is 1. The first kappa shape index (κ1) is 25.1. The highest BCUT2D eigenvalue weighted by atomic mass is 19.1. The van der Waals surface area contributed by atoms with Gasteiger partial charge in [0.25, 0.3) is 5.91 Å². The van der Waals surface area contributed by atoms with Crippen molar-refractivity contribution < 1.29 is 23.5 Å². The van der Waals surface area contributed by atoms with Gasteiger partial charge in [-0.05, 0) is 45.4 Å². The Morgan fingerprint density at radius 2 is 1.97 bits per heavy atom. The van der Waals surface area contributed by atoms with Crippen molar-refractivity contribution in [3.05, 3.63) is 52.9 Å². The van der Waals surface area contributed by atoms with E-state index in [1.54, 1.807) is 29.7 Å². The number of aryl methyl sites for hydroxylation is 2. The molecule has 2 aromatic rings. The lowest BCUT2D eigenvalue weighted by Crippen LogP contribution is -2.56. The lowest BCUT2D eigenvalue weighted by molar-refractivity contribution is 0.0502. The second-order valence-corrected chi connectivity index (χ2v) is 8.15. The fourth-order valence-electron chi connectivity index (χ4n) is 3.98. The SMILES string of the molecule is CCCc1nc(C)nc(C(=O)N2CCN(C(=O)Nc3cccc(F)c3)C(C)C2)c1C(=O)OCC. The molecule has 1 fully saturated rings. The molecule has 0 radical (unpaired) electrons. The molecule has 0 spiro atoms. The van der Waals surface area contributed by atoms with Crippen LogP contribution in [0, 0.1) is 12.7 Å². The van der Waals surface area contributed by atoms with Crippen LogP contribution in [0.15, 0.2) is 24.3 Å². The second kappa shape index (κ2) is 11.0. The molecule has 0 bridgehead atoms. The van der Waals surface area contributed by atoms with Crippen molar-refractivity contribution in [3.63, 3.8) is 0 Å². The highest BCUT2D eigenvalue weighted by Gasteiger charge is 2.34. The van der Waals surface area contributed by atoms with Crippen LogP contribution in [0.1, 0.15) is 59.6 Å². The minimum Gasteiger partial charge on any atom is -0.462 e. The van der Waals surface area contributed by atoms with E-state index in [4.69, 9.17) is 4.74 Å². The number of piperazine rings is 1. The molecule has 1 N–H and O–H groups in total. The lowest BCUT2D eigenvalue weighted by atomic mass is 10.1. The maximum absolute atomic E-state index is 13.5. The van der Waals surface area contributed by atoms with Gasteiger partial charge in [0.15, 0.2) is 0 Å². The summed E-state index contributed by atoms with van der Waals surface area (Å²) in [4.78, 5) is 50.7. The minimum atomic E-state index is -0.615. The van der Waals surface area contributed by atoms with Gasteiger partial charge >= 0.3 is 12.0 Å². The summed E-state index contributed by atoms with van der Waals surface area (Å²) in [5, 5.41) is 2.69. The van der Waals surface area contributed by atoms with Crippen LogP contribution in [0.5, 0.6) is 0 Å². The molecular weight excluding hydrogens is 441 g/mol. The predicted octanol–water partition coefficient (Wildman–Crippen LogP) is 3.43. The van der Waals surface area contributed by atoms with Crippen molar-refractivity contribution in [2.24, 2.45) is 0 Å². The summed E-state index contributed by atoms with van der Waals surface area (Å²) in [5.41, 5.74) is 0.991. The summed E-state index contributed by atoms with van der Waals surface area (Å²) >= 11 is 0. The zero-order valence-corrected chi connectivity index (χ0v) is 19.9. The number of anilines is 1. The van der Waals surface area contributed by atoms with Crippen LogP contribution in [-0.4, -0.2) is 70.0 Å². The van der Waals surface area contributed by atoms with Crippen LogP contribution in [0.25, 0.3) is 0 Å². The van der Waals surface area contributed by atoms with Gasteiger partial charge in [-0.2, -0.15) is 0 Å². The molecule has 1 aromatic carbocycles. The number of carbonyl (C=O) groups excluding carboxylic acids is 3. The van der Waals surface area contributed by atoms with Gasteiger partial charge in [0.05, 0.1) is 12.3 Å². The molecule has 1 aromatic heterocycles. The number of hydrogen-bond donors (Lipinski definition) is 1. The van der Waals surface area contributed by atoms with Crippen LogP contribution >= 0.6 is 0 Å². The zero-order chi connectivity index (χ0) is 24.8. The van der Waals surface area contributed by atoms with Gasteiger partial charge in [-0.1, -0.05) is 19.4 Å². The molecule has 9 nitrogen and oxygen atoms in total. The van der Waals surface area contributed by atoms with E-state index in [2.05, 4.69) is 15.3 Å². The predicted molar refractivity (Wildman–Crippen MR) is 124 cm³/mol. The summed E-state index contributed by atoms with van der Waals surface area (Å²) in [5.74, 6) is -1.05. The number of hydrogen-bond acceptors (Lipinski definition) is 6. The Morgan fingerprint density at radius 1 is 1.21 bits per heavy atom. The Morgan fingerprint density at radius 3 is 2.62 bits per heavy atom. The molecule has 3 rings (SSSR count). The number of urea groups is 1. The van der Waals surface area contributed by atoms with Crippen molar-refractivity contribution in [1.82, 2.24) is 19.8 Å². The molecular formula is C24H30FN5O4. The maximum Gasteiger partial charge on any atom is 0.342 e. The molecule has 1 atom stereocenters. The van der Waals surface area contributed by atoms with Gasteiger partial charge in [0, 0.05) is 31.4 Å². The number of rotatable bonds is 6. The van der Waals surface area contributed by atoms with E-state index in [0.29, 0.717) is 23.6 Å². The lowest BCUT2D eigenvalue weighted by Gasteiger charge is -2.39. The molecule has 182 valence electrons. The van der Waals surface area contributed by atoms with Gasteiger partial charge in [-0.15, -0.1) is 0 Å². The van der Waals surface area contributed by atoms with E-state index in [1.807, 2.05) is 13.8 Å². The van der Waals surface area contributed by atoms with Crippen molar-refractivity contribution in [3.8, 4) is 0 Å². The Hall–Kier alpha value is -3.56. The standard InChI is InChI=1S/C24H30FN5O4/c1-5-8-19-20(23(32)34-6-2)21(27-16(4)26-19)22(31)29-11-12-30(15(3)14-29)24(33)28-18-10-7-9-17(25)13-18/h7,9-10,13,15H,5-6,8,11-12,14H2,1-4H3,(H,28,33). The third-order valence-corrected chi connectivity index (χ3v) is 5.52. The van der Waals surface area contributed by atoms with Gasteiger partial charge in [-0.25, -0.2) is 23.9 Å². The van der Waals surface area contributed by atoms with Crippen molar-refractivity contribution >= 4 is 23.6 Å². The minimum absolute atomic E-state index is 0.0271. The first-order valence-electron chi connectivity index (χ1n) is 11.4. The maximum atomic E-state index is 13.5. The Labute approximate surface area is 198 Å². The Balaban J connectivity index is 1.79. The van der Waals surface area contributed by atoms with Crippen molar-refractivity contribution in [2.45, 2.75) is 46.6 Å². The third kappa shape index (κ3) is 5.67. The first-order valence-corrected chi connectivity index (χ1v) is 11.4. The van der Waals surface area contributed by atoms with Crippen molar-refractivity contribution in [2.75, 3.05) is 31.6 Å². The average Bonchev–Trinajstić information content (AvgIpc) is 2.78. The molecule has 0 aliphatic carbocycles. The van der Waals surface area contributed by atoms with E-state index in [0.717, 1.165) is 6.42 Å². The molecule has 0 saturated carbocycles. The molecule has 1 aliphatic rings. The van der Waals surface area contributed by atoms with Crippen LogP contribution in [0.2, 0.25) is 0 Å². The number of nitrogens with zero attached hydrogens (tertiary/aromatic N) is 4. The second-order valence-electron chi connectivity index (χ2n) is 8.15. The molecule has 2 heterocycles. The van der Waals surface area contributed by atoms with E-state index in [9.17, 15) is 18.8 Å². The fraction of sp³-hybridized carbons (Fsp3) is 0.458. The van der Waals surface area contributed by atoms with Gasteiger partial charge in [0.1, 0.15) is 22.9 Å². The summed E-state index contributed by atoms with van der Waals surface area (Å²) in [7, 11) is 0. The smallest absolute Gasteiger partial charge is 0.342 e. The average molecular weight is 472 g/mol. The Kier molecular flexibility index (Phi) is 8.14. The summed E-state index contributed by atoms with van der Waals surface area (Å²) in [6.45, 7) is 8.12. The first-order chi connectivity index (χ1) is 16.2. The largest absolute Gasteiger partial charge is 0.462 e. The van der Waals surface area contributed by atoms with Crippen molar-refractivity contribution in [1.29, 1.82) is 0 Å². The Bertz CT molecular complexity index is 1080. The number of esters is 1.